The molecule has 110 valence electrons. The molecule has 0 aliphatic carbocycles. The summed E-state index contributed by atoms with van der Waals surface area (Å²) in [5, 5.41) is 0. The minimum Gasteiger partial charge on any atom is -0.444 e. The first-order chi connectivity index (χ1) is 8.58. The van der Waals surface area contributed by atoms with Gasteiger partial charge in [0, 0.05) is 0 Å². The molecular weight excluding hydrogens is 242 g/mol. The Hall–Kier alpha value is -1.03. The zero-order valence-electron chi connectivity index (χ0n) is 13.0. The van der Waals surface area contributed by atoms with Crippen molar-refractivity contribution in [2.45, 2.75) is 77.9 Å². The Labute approximate surface area is 116 Å². The number of nitrogens with zero attached hydrogens (tertiary/aromatic N) is 1. The van der Waals surface area contributed by atoms with Crippen molar-refractivity contribution >= 4 is 6.09 Å². The van der Waals surface area contributed by atoms with Crippen LogP contribution >= 0.6 is 0 Å². The Balaban J connectivity index is 2.81. The van der Waals surface area contributed by atoms with E-state index in [1.165, 1.54) is 0 Å². The molecule has 0 unspecified atom stereocenters. The van der Waals surface area contributed by atoms with Crippen molar-refractivity contribution in [1.29, 1.82) is 0 Å². The molecule has 0 aromatic carbocycles. The van der Waals surface area contributed by atoms with E-state index in [4.69, 9.17) is 9.47 Å². The predicted molar refractivity (Wildman–Crippen MR) is 75.9 cm³/mol. The van der Waals surface area contributed by atoms with Crippen molar-refractivity contribution in [3.8, 4) is 0 Å². The second-order valence-electron chi connectivity index (χ2n) is 6.56. The van der Waals surface area contributed by atoms with Gasteiger partial charge in [0.15, 0.2) is 0 Å². The van der Waals surface area contributed by atoms with E-state index in [1.54, 1.807) is 4.90 Å². The molecule has 0 aromatic heterocycles. The highest BCUT2D eigenvalue weighted by molar-refractivity contribution is 5.69. The van der Waals surface area contributed by atoms with Crippen molar-refractivity contribution in [3.05, 3.63) is 12.7 Å². The SMILES string of the molecule is C=CCC[C@@H]1OC(C)(C)N(C(=O)OC(C)(C)C)[C@H]1C. The minimum absolute atomic E-state index is 0.00444. The molecule has 1 saturated heterocycles. The van der Waals surface area contributed by atoms with Crippen LogP contribution in [0.3, 0.4) is 0 Å². The average molecular weight is 269 g/mol. The molecule has 4 heteroatoms. The number of allylic oxidation sites excluding steroid dienone is 1. The number of ether oxygens (including phenoxy) is 2. The molecule has 0 saturated carbocycles. The van der Waals surface area contributed by atoms with Crippen LogP contribution in [0.25, 0.3) is 0 Å². The summed E-state index contributed by atoms with van der Waals surface area (Å²) in [6, 6.07) is 0.00444. The maximum Gasteiger partial charge on any atom is 0.412 e. The molecule has 0 radical (unpaired) electrons. The van der Waals surface area contributed by atoms with Crippen LogP contribution < -0.4 is 0 Å². The van der Waals surface area contributed by atoms with E-state index in [2.05, 4.69) is 6.58 Å². The van der Waals surface area contributed by atoms with E-state index >= 15 is 0 Å². The smallest absolute Gasteiger partial charge is 0.412 e. The molecule has 1 amide bonds. The van der Waals surface area contributed by atoms with E-state index in [-0.39, 0.29) is 18.2 Å². The van der Waals surface area contributed by atoms with Crippen molar-refractivity contribution in [2.24, 2.45) is 0 Å². The third kappa shape index (κ3) is 3.96. The molecule has 1 fully saturated rings. The lowest BCUT2D eigenvalue weighted by Gasteiger charge is -2.34. The van der Waals surface area contributed by atoms with Crippen LogP contribution in [0, 0.1) is 0 Å². The molecule has 2 atom stereocenters. The highest BCUT2D eigenvalue weighted by Crippen LogP contribution is 2.35. The van der Waals surface area contributed by atoms with Gasteiger partial charge in [-0.05, 0) is 54.4 Å². The van der Waals surface area contributed by atoms with Gasteiger partial charge in [0.1, 0.15) is 11.3 Å². The van der Waals surface area contributed by atoms with Crippen LogP contribution in [0.4, 0.5) is 4.79 Å². The zero-order chi connectivity index (χ0) is 14.8. The number of hydrogen-bond acceptors (Lipinski definition) is 3. The van der Waals surface area contributed by atoms with Gasteiger partial charge in [0.2, 0.25) is 0 Å². The third-order valence-corrected chi connectivity index (χ3v) is 3.21. The standard InChI is InChI=1S/C15H27NO3/c1-8-9-10-12-11(2)16(15(6,7)18-12)13(17)19-14(3,4)5/h8,11-12H,1,9-10H2,2-7H3/t11-,12-/m0/s1. The lowest BCUT2D eigenvalue weighted by Crippen LogP contribution is -2.49. The van der Waals surface area contributed by atoms with Crippen molar-refractivity contribution in [3.63, 3.8) is 0 Å². The summed E-state index contributed by atoms with van der Waals surface area (Å²) in [5.74, 6) is 0. The quantitative estimate of drug-likeness (QED) is 0.733. The number of amides is 1. The Bertz CT molecular complexity index is 344. The first-order valence-electron chi connectivity index (χ1n) is 6.89. The molecule has 0 spiro atoms. The van der Waals surface area contributed by atoms with Crippen molar-refractivity contribution in [1.82, 2.24) is 4.90 Å². The van der Waals surface area contributed by atoms with E-state index in [0.29, 0.717) is 0 Å². The molecule has 1 aliphatic heterocycles. The van der Waals surface area contributed by atoms with Gasteiger partial charge in [-0.2, -0.15) is 0 Å². The molecule has 0 bridgehead atoms. The van der Waals surface area contributed by atoms with Crippen LogP contribution in [0.5, 0.6) is 0 Å². The number of carbonyl (C=O) groups excluding carboxylic acids is 1. The first kappa shape index (κ1) is 16.0. The highest BCUT2D eigenvalue weighted by Gasteiger charge is 2.48. The fraction of sp³-hybridized carbons (Fsp3) is 0.800. The van der Waals surface area contributed by atoms with E-state index in [1.807, 2.05) is 47.6 Å². The second kappa shape index (κ2) is 5.53. The van der Waals surface area contributed by atoms with Crippen LogP contribution in [-0.2, 0) is 9.47 Å². The molecule has 0 aromatic rings. The van der Waals surface area contributed by atoms with Gasteiger partial charge in [0.25, 0.3) is 0 Å². The highest BCUT2D eigenvalue weighted by atomic mass is 16.6. The van der Waals surface area contributed by atoms with Crippen molar-refractivity contribution < 1.29 is 14.3 Å². The minimum atomic E-state index is -0.631. The summed E-state index contributed by atoms with van der Waals surface area (Å²) < 4.78 is 11.5. The Morgan fingerprint density at radius 3 is 2.53 bits per heavy atom. The topological polar surface area (TPSA) is 38.8 Å². The summed E-state index contributed by atoms with van der Waals surface area (Å²) in [6.07, 6.45) is 3.34. The van der Waals surface area contributed by atoms with E-state index < -0.39 is 11.3 Å². The fourth-order valence-corrected chi connectivity index (χ4v) is 2.46. The summed E-state index contributed by atoms with van der Waals surface area (Å²) in [6.45, 7) is 15.1. The maximum atomic E-state index is 12.3. The van der Waals surface area contributed by atoms with Gasteiger partial charge >= 0.3 is 6.09 Å². The maximum absolute atomic E-state index is 12.3. The van der Waals surface area contributed by atoms with Crippen LogP contribution in [0.15, 0.2) is 12.7 Å². The first-order valence-corrected chi connectivity index (χ1v) is 6.89. The lowest BCUT2D eigenvalue weighted by molar-refractivity contribution is -0.0795. The monoisotopic (exact) mass is 269 g/mol. The molecule has 1 rings (SSSR count). The summed E-state index contributed by atoms with van der Waals surface area (Å²) in [5.41, 5.74) is -1.13. The van der Waals surface area contributed by atoms with Gasteiger partial charge in [-0.15, -0.1) is 6.58 Å². The largest absolute Gasteiger partial charge is 0.444 e. The Morgan fingerprint density at radius 2 is 2.05 bits per heavy atom. The molecule has 4 nitrogen and oxygen atoms in total. The number of carbonyl (C=O) groups is 1. The molecule has 0 N–H and O–H groups in total. The third-order valence-electron chi connectivity index (χ3n) is 3.21. The van der Waals surface area contributed by atoms with Crippen LogP contribution in [-0.4, -0.2) is 34.5 Å². The van der Waals surface area contributed by atoms with Crippen LogP contribution in [0.2, 0.25) is 0 Å². The van der Waals surface area contributed by atoms with E-state index in [9.17, 15) is 4.79 Å². The summed E-state index contributed by atoms with van der Waals surface area (Å²) in [7, 11) is 0. The summed E-state index contributed by atoms with van der Waals surface area (Å²) >= 11 is 0. The predicted octanol–water partition coefficient (Wildman–Crippen LogP) is 3.71. The lowest BCUT2D eigenvalue weighted by atomic mass is 10.1. The second-order valence-corrected chi connectivity index (χ2v) is 6.56. The zero-order valence-corrected chi connectivity index (χ0v) is 13.0. The number of rotatable bonds is 3. The molecule has 1 heterocycles. The van der Waals surface area contributed by atoms with Gasteiger partial charge < -0.3 is 9.47 Å². The van der Waals surface area contributed by atoms with Crippen LogP contribution in [0.1, 0.15) is 54.4 Å². The number of hydrogen-bond donors (Lipinski definition) is 0. The molecular formula is C15H27NO3. The van der Waals surface area contributed by atoms with E-state index in [0.717, 1.165) is 12.8 Å². The Morgan fingerprint density at radius 1 is 1.47 bits per heavy atom. The fourth-order valence-electron chi connectivity index (χ4n) is 2.46. The Kier molecular flexibility index (Phi) is 4.67. The van der Waals surface area contributed by atoms with Gasteiger partial charge in [-0.1, -0.05) is 6.08 Å². The molecule has 19 heavy (non-hydrogen) atoms. The van der Waals surface area contributed by atoms with Crippen molar-refractivity contribution in [2.75, 3.05) is 0 Å². The average Bonchev–Trinajstić information content (AvgIpc) is 2.43. The molecule has 1 aliphatic rings. The van der Waals surface area contributed by atoms with Gasteiger partial charge in [-0.3, -0.25) is 4.90 Å². The normalized spacial score (nSPS) is 26.3. The van der Waals surface area contributed by atoms with Gasteiger partial charge in [-0.25, -0.2) is 4.79 Å². The summed E-state index contributed by atoms with van der Waals surface area (Å²) in [4.78, 5) is 14.0. The van der Waals surface area contributed by atoms with Gasteiger partial charge in [0.05, 0.1) is 12.1 Å².